The van der Waals surface area contributed by atoms with Gasteiger partial charge in [0.25, 0.3) is 0 Å². The molecule has 0 aliphatic carbocycles. The summed E-state index contributed by atoms with van der Waals surface area (Å²) in [5.74, 6) is -1.11. The summed E-state index contributed by atoms with van der Waals surface area (Å²) in [6.07, 6.45) is 1.29. The van der Waals surface area contributed by atoms with Crippen molar-refractivity contribution >= 4 is 17.6 Å². The second kappa shape index (κ2) is 3.82. The van der Waals surface area contributed by atoms with Crippen LogP contribution in [0.3, 0.4) is 0 Å². The number of nitrogens with one attached hydrogen (secondary N) is 1. The number of aromatic amines is 1. The highest BCUT2D eigenvalue weighted by Gasteiger charge is 2.10. The van der Waals surface area contributed by atoms with Crippen molar-refractivity contribution < 1.29 is 9.90 Å². The second-order valence-corrected chi connectivity index (χ2v) is 3.41. The highest BCUT2D eigenvalue weighted by Crippen LogP contribution is 2.19. The maximum absolute atomic E-state index is 11.2. The number of carboxylic acids is 1. The van der Waals surface area contributed by atoms with Gasteiger partial charge in [0.15, 0.2) is 0 Å². The highest BCUT2D eigenvalue weighted by molar-refractivity contribution is 6.33. The van der Waals surface area contributed by atoms with Crippen LogP contribution in [0, 0.1) is 0 Å². The fraction of sp³-hybridized carbons (Fsp3) is 0. The number of hydrogen-bond donors (Lipinski definition) is 2. The van der Waals surface area contributed by atoms with E-state index >= 15 is 0 Å². The van der Waals surface area contributed by atoms with Crippen molar-refractivity contribution in [3.63, 3.8) is 0 Å². The quantitative estimate of drug-likeness (QED) is 0.815. The maximum atomic E-state index is 11.2. The minimum atomic E-state index is -1.11. The summed E-state index contributed by atoms with van der Waals surface area (Å²) >= 11 is 5.77. The molecule has 1 heterocycles. The number of hydrogen-bond acceptors (Lipinski definition) is 3. The number of carbonyl (C=O) groups is 1. The first kappa shape index (κ1) is 10.4. The molecule has 0 bridgehead atoms. The lowest BCUT2D eigenvalue weighted by Crippen LogP contribution is -2.14. The monoisotopic (exact) mass is 239 g/mol. The van der Waals surface area contributed by atoms with Gasteiger partial charge in [0.05, 0.1) is 16.3 Å². The Morgan fingerprint density at radius 2 is 2.25 bits per heavy atom. The van der Waals surface area contributed by atoms with E-state index in [0.29, 0.717) is 5.69 Å². The zero-order valence-electron chi connectivity index (χ0n) is 7.85. The summed E-state index contributed by atoms with van der Waals surface area (Å²) in [6.45, 7) is 0. The summed E-state index contributed by atoms with van der Waals surface area (Å²) in [7, 11) is 0. The molecule has 1 aromatic heterocycles. The molecular weight excluding hydrogens is 234 g/mol. The van der Waals surface area contributed by atoms with E-state index in [-0.39, 0.29) is 10.6 Å². The van der Waals surface area contributed by atoms with E-state index in [1.54, 1.807) is 0 Å². The number of aromatic carboxylic acids is 1. The Balaban J connectivity index is 2.54. The average Bonchev–Trinajstić information content (AvgIpc) is 2.63. The zero-order chi connectivity index (χ0) is 11.7. The normalized spacial score (nSPS) is 10.3. The molecule has 0 atom stereocenters. The van der Waals surface area contributed by atoms with Gasteiger partial charge >= 0.3 is 11.7 Å². The van der Waals surface area contributed by atoms with Gasteiger partial charge in [-0.25, -0.2) is 19.3 Å². The molecule has 1 aromatic carbocycles. The summed E-state index contributed by atoms with van der Waals surface area (Å²) in [4.78, 5) is 22.0. The number of rotatable bonds is 2. The van der Waals surface area contributed by atoms with Crippen LogP contribution in [0.2, 0.25) is 5.02 Å². The minimum Gasteiger partial charge on any atom is -0.478 e. The van der Waals surface area contributed by atoms with Crippen LogP contribution in [0.15, 0.2) is 29.3 Å². The van der Waals surface area contributed by atoms with Gasteiger partial charge in [-0.05, 0) is 18.2 Å². The SMILES string of the molecule is O=C(O)c1ccc(-n2cn[nH]c2=O)cc1Cl. The summed E-state index contributed by atoms with van der Waals surface area (Å²) in [5, 5.41) is 14.6. The van der Waals surface area contributed by atoms with Crippen LogP contribution in [-0.2, 0) is 0 Å². The number of halogens is 1. The van der Waals surface area contributed by atoms with Crippen molar-refractivity contribution in [3.8, 4) is 5.69 Å². The number of nitrogens with zero attached hydrogens (tertiary/aromatic N) is 2. The van der Waals surface area contributed by atoms with Crippen molar-refractivity contribution in [1.82, 2.24) is 14.8 Å². The minimum absolute atomic E-state index is 0.0121. The Morgan fingerprint density at radius 1 is 1.50 bits per heavy atom. The van der Waals surface area contributed by atoms with Gasteiger partial charge in [-0.1, -0.05) is 11.6 Å². The molecule has 2 N–H and O–H groups in total. The Hall–Kier alpha value is -2.08. The first-order chi connectivity index (χ1) is 7.59. The van der Waals surface area contributed by atoms with E-state index in [1.165, 1.54) is 29.1 Å². The molecule has 2 rings (SSSR count). The molecule has 0 aliphatic rings. The zero-order valence-corrected chi connectivity index (χ0v) is 8.60. The van der Waals surface area contributed by atoms with E-state index in [4.69, 9.17) is 16.7 Å². The first-order valence-corrected chi connectivity index (χ1v) is 4.62. The lowest BCUT2D eigenvalue weighted by Gasteiger charge is -2.03. The Bertz CT molecular complexity index is 602. The molecule has 7 heteroatoms. The van der Waals surface area contributed by atoms with E-state index in [0.717, 1.165) is 0 Å². The third kappa shape index (κ3) is 1.70. The van der Waals surface area contributed by atoms with Crippen LogP contribution >= 0.6 is 11.6 Å². The van der Waals surface area contributed by atoms with Gasteiger partial charge in [-0.3, -0.25) is 0 Å². The molecule has 6 nitrogen and oxygen atoms in total. The molecular formula is C9H6ClN3O3. The van der Waals surface area contributed by atoms with Gasteiger partial charge in [0.1, 0.15) is 6.33 Å². The lowest BCUT2D eigenvalue weighted by atomic mass is 10.2. The predicted molar refractivity (Wildman–Crippen MR) is 56.2 cm³/mol. The summed E-state index contributed by atoms with van der Waals surface area (Å²) in [6, 6.07) is 4.20. The van der Waals surface area contributed by atoms with E-state index < -0.39 is 11.7 Å². The van der Waals surface area contributed by atoms with Crippen LogP contribution in [-0.4, -0.2) is 25.8 Å². The molecule has 2 aromatic rings. The van der Waals surface area contributed by atoms with Crippen LogP contribution in [0.5, 0.6) is 0 Å². The average molecular weight is 240 g/mol. The Morgan fingerprint density at radius 3 is 2.75 bits per heavy atom. The second-order valence-electron chi connectivity index (χ2n) is 3.00. The van der Waals surface area contributed by atoms with Crippen molar-refractivity contribution in [2.45, 2.75) is 0 Å². The first-order valence-electron chi connectivity index (χ1n) is 4.25. The summed E-state index contributed by atoms with van der Waals surface area (Å²) < 4.78 is 1.22. The molecule has 0 aliphatic heterocycles. The Kier molecular flexibility index (Phi) is 2.49. The fourth-order valence-electron chi connectivity index (χ4n) is 1.26. The van der Waals surface area contributed by atoms with Gasteiger partial charge in [-0.15, -0.1) is 0 Å². The van der Waals surface area contributed by atoms with Crippen LogP contribution in [0.25, 0.3) is 5.69 Å². The Labute approximate surface area is 94.1 Å². The van der Waals surface area contributed by atoms with Crippen molar-refractivity contribution in [2.24, 2.45) is 0 Å². The lowest BCUT2D eigenvalue weighted by molar-refractivity contribution is 0.0697. The fourth-order valence-corrected chi connectivity index (χ4v) is 1.51. The molecule has 0 radical (unpaired) electrons. The van der Waals surface area contributed by atoms with Crippen molar-refractivity contribution in [1.29, 1.82) is 0 Å². The molecule has 16 heavy (non-hydrogen) atoms. The van der Waals surface area contributed by atoms with Gasteiger partial charge < -0.3 is 5.11 Å². The standard InChI is InChI=1S/C9H6ClN3O3/c10-7-3-5(1-2-6(7)8(14)15)13-4-11-12-9(13)16/h1-4H,(H,12,16)(H,14,15). The molecule has 0 fully saturated rings. The number of benzene rings is 1. The van der Waals surface area contributed by atoms with E-state index in [9.17, 15) is 9.59 Å². The third-order valence-electron chi connectivity index (χ3n) is 2.01. The maximum Gasteiger partial charge on any atom is 0.347 e. The molecule has 0 saturated carbocycles. The molecule has 0 saturated heterocycles. The van der Waals surface area contributed by atoms with Gasteiger partial charge in [0.2, 0.25) is 0 Å². The molecule has 0 amide bonds. The van der Waals surface area contributed by atoms with Crippen molar-refractivity contribution in [3.05, 3.63) is 45.6 Å². The van der Waals surface area contributed by atoms with Gasteiger partial charge in [0, 0.05) is 0 Å². The van der Waals surface area contributed by atoms with Crippen LogP contribution < -0.4 is 5.69 Å². The topological polar surface area (TPSA) is 88.0 Å². The predicted octanol–water partition coefficient (Wildman–Crippen LogP) is 0.912. The van der Waals surface area contributed by atoms with Crippen molar-refractivity contribution in [2.75, 3.05) is 0 Å². The highest BCUT2D eigenvalue weighted by atomic mass is 35.5. The van der Waals surface area contributed by atoms with Crippen LogP contribution in [0.4, 0.5) is 0 Å². The summed E-state index contributed by atoms with van der Waals surface area (Å²) in [5.41, 5.74) is 0.0230. The van der Waals surface area contributed by atoms with Gasteiger partial charge in [-0.2, -0.15) is 5.10 Å². The number of carboxylic acid groups (broad SMARTS) is 1. The molecule has 0 unspecified atom stereocenters. The molecule has 82 valence electrons. The molecule has 0 spiro atoms. The third-order valence-corrected chi connectivity index (χ3v) is 2.33. The van der Waals surface area contributed by atoms with E-state index in [2.05, 4.69) is 10.2 Å². The number of H-pyrrole nitrogens is 1. The number of aromatic nitrogens is 3. The van der Waals surface area contributed by atoms with E-state index in [1.807, 2.05) is 0 Å². The van der Waals surface area contributed by atoms with Crippen LogP contribution in [0.1, 0.15) is 10.4 Å². The smallest absolute Gasteiger partial charge is 0.347 e. The largest absolute Gasteiger partial charge is 0.478 e.